The van der Waals surface area contributed by atoms with Crippen LogP contribution in [0.4, 0.5) is 0 Å². The van der Waals surface area contributed by atoms with E-state index < -0.39 is 20.7 Å². The molecule has 1 unspecified atom stereocenters. The van der Waals surface area contributed by atoms with Crippen LogP contribution in [0.5, 0.6) is 0 Å². The van der Waals surface area contributed by atoms with E-state index in [1.807, 2.05) is 24.3 Å². The Kier molecular flexibility index (Phi) is 8.55. The molecule has 1 aliphatic heterocycles. The van der Waals surface area contributed by atoms with E-state index in [4.69, 9.17) is 9.16 Å². The van der Waals surface area contributed by atoms with Crippen molar-refractivity contribution in [1.82, 2.24) is 0 Å². The van der Waals surface area contributed by atoms with Crippen molar-refractivity contribution in [3.8, 4) is 0 Å². The van der Waals surface area contributed by atoms with Gasteiger partial charge >= 0.3 is 0 Å². The maximum atomic E-state index is 10.9. The minimum Gasteiger partial charge on any atom is -0.404 e. The van der Waals surface area contributed by atoms with Crippen molar-refractivity contribution in [2.24, 2.45) is 11.8 Å². The zero-order chi connectivity index (χ0) is 27.5. The van der Waals surface area contributed by atoms with Gasteiger partial charge in [-0.15, -0.1) is 0 Å². The van der Waals surface area contributed by atoms with E-state index in [-0.39, 0.29) is 29.1 Å². The molecular weight excluding hydrogens is 500 g/mol. The lowest BCUT2D eigenvalue weighted by atomic mass is 9.91. The van der Waals surface area contributed by atoms with Crippen molar-refractivity contribution in [2.45, 2.75) is 76.1 Å². The standard InChI is InChI=1S/C34H42O4Si/c1-34(2,3)39(27-15-9-5-10-16-27,28-17-11-6-12-18-28)38-32-24-31-30(23-33(36)37-31)29(32)22-21-26(35)20-19-25-13-7-4-8-14-25/h4-18,21-22,26,29-33,35-36H,19-20,23-24H2,1-3H3/t26-,29+,30+,31-,32+,33?/m0/s1. The first-order valence-corrected chi connectivity index (χ1v) is 16.2. The number of aliphatic hydroxyl groups is 2. The van der Waals surface area contributed by atoms with Gasteiger partial charge < -0.3 is 19.4 Å². The monoisotopic (exact) mass is 542 g/mol. The Labute approximate surface area is 234 Å². The lowest BCUT2D eigenvalue weighted by Gasteiger charge is -2.45. The third-order valence-electron chi connectivity index (χ3n) is 8.54. The van der Waals surface area contributed by atoms with Crippen LogP contribution < -0.4 is 10.4 Å². The quantitative estimate of drug-likeness (QED) is 0.287. The highest BCUT2D eigenvalue weighted by atomic mass is 28.4. The van der Waals surface area contributed by atoms with Crippen molar-refractivity contribution in [3.05, 3.63) is 109 Å². The maximum Gasteiger partial charge on any atom is 0.261 e. The minimum atomic E-state index is -2.75. The molecule has 3 aromatic carbocycles. The molecule has 0 radical (unpaired) electrons. The number of hydrogen-bond acceptors (Lipinski definition) is 4. The van der Waals surface area contributed by atoms with E-state index in [2.05, 4.69) is 99.6 Å². The Balaban J connectivity index is 1.46. The van der Waals surface area contributed by atoms with Crippen LogP contribution in [0.25, 0.3) is 0 Å². The Morgan fingerprint density at radius 3 is 2.03 bits per heavy atom. The molecule has 0 bridgehead atoms. The second-order valence-corrected chi connectivity index (χ2v) is 16.4. The minimum absolute atomic E-state index is 0.0423. The summed E-state index contributed by atoms with van der Waals surface area (Å²) in [6.07, 6.45) is 5.55. The number of fused-ring (bicyclic) bond motifs is 1. The lowest BCUT2D eigenvalue weighted by Crippen LogP contribution is -2.68. The first-order chi connectivity index (χ1) is 18.8. The Hall–Kier alpha value is -2.54. The zero-order valence-corrected chi connectivity index (χ0v) is 24.3. The average molecular weight is 543 g/mol. The van der Waals surface area contributed by atoms with Gasteiger partial charge in [0.1, 0.15) is 0 Å². The number of hydrogen-bond donors (Lipinski definition) is 2. The molecule has 6 atom stereocenters. The topological polar surface area (TPSA) is 58.9 Å². The first kappa shape index (κ1) is 28.0. The first-order valence-electron chi connectivity index (χ1n) is 14.3. The molecule has 5 rings (SSSR count). The third kappa shape index (κ3) is 5.98. The summed E-state index contributed by atoms with van der Waals surface area (Å²) in [5.74, 6) is 0.223. The van der Waals surface area contributed by atoms with Crippen LogP contribution in [0.1, 0.15) is 45.6 Å². The van der Waals surface area contributed by atoms with Crippen LogP contribution in [-0.4, -0.2) is 43.1 Å². The molecule has 1 saturated carbocycles. The smallest absolute Gasteiger partial charge is 0.261 e. The van der Waals surface area contributed by atoms with Gasteiger partial charge in [-0.25, -0.2) is 0 Å². The van der Waals surface area contributed by atoms with Gasteiger partial charge in [-0.3, -0.25) is 0 Å². The molecule has 1 heterocycles. The van der Waals surface area contributed by atoms with Crippen molar-refractivity contribution in [3.63, 3.8) is 0 Å². The molecule has 0 aromatic heterocycles. The SMILES string of the molecule is CC(C)(C)[Si](O[C@@H]1C[C@@H]2OC(O)C[C@@H]2[C@H]1C=C[C@@H](O)CCc1ccccc1)(c1ccccc1)c1ccccc1. The van der Waals surface area contributed by atoms with Crippen LogP contribution in [0.2, 0.25) is 5.04 Å². The van der Waals surface area contributed by atoms with Crippen molar-refractivity contribution >= 4 is 18.7 Å². The Bertz CT molecular complexity index is 1170. The second-order valence-electron chi connectivity index (χ2n) is 12.1. The summed E-state index contributed by atoms with van der Waals surface area (Å²) in [5, 5.41) is 23.6. The van der Waals surface area contributed by atoms with Crippen molar-refractivity contribution in [2.75, 3.05) is 0 Å². The number of aliphatic hydroxyl groups excluding tert-OH is 2. The zero-order valence-electron chi connectivity index (χ0n) is 23.3. The van der Waals surface area contributed by atoms with E-state index in [1.165, 1.54) is 15.9 Å². The molecule has 2 aliphatic rings. The van der Waals surface area contributed by atoms with Gasteiger partial charge in [0.25, 0.3) is 8.32 Å². The fourth-order valence-corrected chi connectivity index (χ4v) is 11.4. The molecule has 39 heavy (non-hydrogen) atoms. The average Bonchev–Trinajstić information content (AvgIpc) is 3.45. The molecule has 5 heteroatoms. The van der Waals surface area contributed by atoms with Gasteiger partial charge in [-0.05, 0) is 46.2 Å². The van der Waals surface area contributed by atoms with Gasteiger partial charge in [0.05, 0.1) is 18.3 Å². The molecule has 2 fully saturated rings. The summed E-state index contributed by atoms with van der Waals surface area (Å²) in [6.45, 7) is 6.90. The van der Waals surface area contributed by atoms with Gasteiger partial charge in [-0.1, -0.05) is 124 Å². The Morgan fingerprint density at radius 2 is 1.46 bits per heavy atom. The van der Waals surface area contributed by atoms with Crippen LogP contribution >= 0.6 is 0 Å². The molecule has 0 amide bonds. The molecule has 1 aliphatic carbocycles. The molecular formula is C34H42O4Si. The number of benzene rings is 3. The third-order valence-corrected chi connectivity index (χ3v) is 13.6. The molecule has 206 valence electrons. The molecule has 3 aromatic rings. The predicted molar refractivity (Wildman–Crippen MR) is 159 cm³/mol. The summed E-state index contributed by atoms with van der Waals surface area (Å²) in [4.78, 5) is 0. The predicted octanol–water partition coefficient (Wildman–Crippen LogP) is 5.22. The van der Waals surface area contributed by atoms with Crippen LogP contribution in [0.3, 0.4) is 0 Å². The summed E-state index contributed by atoms with van der Waals surface area (Å²) < 4.78 is 13.5. The normalized spacial score (nSPS) is 26.1. The molecule has 0 spiro atoms. The second kappa shape index (κ2) is 11.9. The van der Waals surface area contributed by atoms with Gasteiger partial charge in [0.2, 0.25) is 0 Å². The molecule has 4 nitrogen and oxygen atoms in total. The van der Waals surface area contributed by atoms with Gasteiger partial charge in [0.15, 0.2) is 6.29 Å². The Morgan fingerprint density at radius 1 is 0.897 bits per heavy atom. The van der Waals surface area contributed by atoms with Crippen LogP contribution in [0, 0.1) is 11.8 Å². The number of ether oxygens (including phenoxy) is 1. The summed E-state index contributed by atoms with van der Waals surface area (Å²) in [6, 6.07) is 31.7. The summed E-state index contributed by atoms with van der Waals surface area (Å²) in [5.41, 5.74) is 1.23. The number of rotatable bonds is 9. The summed E-state index contributed by atoms with van der Waals surface area (Å²) in [7, 11) is -2.75. The lowest BCUT2D eigenvalue weighted by molar-refractivity contribution is -0.0944. The molecule has 2 N–H and O–H groups in total. The van der Waals surface area contributed by atoms with Gasteiger partial charge in [0, 0.05) is 12.3 Å². The highest BCUT2D eigenvalue weighted by Gasteiger charge is 2.56. The van der Waals surface area contributed by atoms with E-state index in [0.29, 0.717) is 12.8 Å². The van der Waals surface area contributed by atoms with Crippen LogP contribution in [-0.2, 0) is 15.6 Å². The van der Waals surface area contributed by atoms with Gasteiger partial charge in [-0.2, -0.15) is 0 Å². The van der Waals surface area contributed by atoms with E-state index in [9.17, 15) is 10.2 Å². The molecule has 1 saturated heterocycles. The summed E-state index contributed by atoms with van der Waals surface area (Å²) >= 11 is 0. The maximum absolute atomic E-state index is 10.9. The van der Waals surface area contributed by atoms with E-state index in [0.717, 1.165) is 12.8 Å². The largest absolute Gasteiger partial charge is 0.404 e. The van der Waals surface area contributed by atoms with Crippen LogP contribution in [0.15, 0.2) is 103 Å². The van der Waals surface area contributed by atoms with Crippen molar-refractivity contribution in [1.29, 1.82) is 0 Å². The van der Waals surface area contributed by atoms with E-state index >= 15 is 0 Å². The highest BCUT2D eigenvalue weighted by Crippen LogP contribution is 2.48. The number of aryl methyl sites for hydroxylation is 1. The fourth-order valence-electron chi connectivity index (χ4n) is 6.66. The highest BCUT2D eigenvalue weighted by molar-refractivity contribution is 6.99. The van der Waals surface area contributed by atoms with Crippen molar-refractivity contribution < 1.29 is 19.4 Å². The van der Waals surface area contributed by atoms with E-state index in [1.54, 1.807) is 0 Å². The fraction of sp³-hybridized carbons (Fsp3) is 0.412.